The summed E-state index contributed by atoms with van der Waals surface area (Å²) in [6, 6.07) is 0.545. The van der Waals surface area contributed by atoms with Gasteiger partial charge in [0, 0.05) is 44.7 Å². The average Bonchev–Trinajstić information content (AvgIpc) is 2.42. The van der Waals surface area contributed by atoms with Gasteiger partial charge in [-0.1, -0.05) is 6.92 Å². The van der Waals surface area contributed by atoms with Gasteiger partial charge in [-0.05, 0) is 33.7 Å². The van der Waals surface area contributed by atoms with Crippen molar-refractivity contribution < 1.29 is 14.7 Å². The summed E-state index contributed by atoms with van der Waals surface area (Å²) in [6.07, 6.45) is 1.64. The highest BCUT2D eigenvalue weighted by Gasteiger charge is 2.29. The average molecular weight is 299 g/mol. The molecule has 1 fully saturated rings. The quantitative estimate of drug-likeness (QED) is 0.811. The minimum Gasteiger partial charge on any atom is -0.481 e. The molecule has 0 radical (unpaired) electrons. The number of nitrogens with zero attached hydrogens (tertiary/aromatic N) is 3. The standard InChI is InChI=1S/C15H29N3O3/c1-5-13-11-17(10-9-16(13)4)15(21)18(12(2)3)8-6-7-14(19)20/h12-13H,5-11H2,1-4H3,(H,19,20). The van der Waals surface area contributed by atoms with E-state index in [1.165, 1.54) is 0 Å². The van der Waals surface area contributed by atoms with Crippen molar-refractivity contribution in [1.29, 1.82) is 0 Å². The van der Waals surface area contributed by atoms with Gasteiger partial charge < -0.3 is 14.9 Å². The molecule has 6 nitrogen and oxygen atoms in total. The highest BCUT2D eigenvalue weighted by atomic mass is 16.4. The zero-order valence-electron chi connectivity index (χ0n) is 13.7. The molecule has 122 valence electrons. The fraction of sp³-hybridized carbons (Fsp3) is 0.867. The van der Waals surface area contributed by atoms with Gasteiger partial charge in [0.1, 0.15) is 0 Å². The Kier molecular flexibility index (Phi) is 6.95. The van der Waals surface area contributed by atoms with Gasteiger partial charge in [-0.25, -0.2) is 4.79 Å². The molecule has 0 aliphatic carbocycles. The summed E-state index contributed by atoms with van der Waals surface area (Å²) >= 11 is 0. The zero-order chi connectivity index (χ0) is 16.0. The molecule has 0 aromatic heterocycles. The highest BCUT2D eigenvalue weighted by Crippen LogP contribution is 2.14. The summed E-state index contributed by atoms with van der Waals surface area (Å²) in [5.41, 5.74) is 0. The molecule has 1 atom stereocenters. The summed E-state index contributed by atoms with van der Waals surface area (Å²) in [5.74, 6) is -0.809. The van der Waals surface area contributed by atoms with E-state index in [1.54, 1.807) is 4.90 Å². The van der Waals surface area contributed by atoms with E-state index in [9.17, 15) is 9.59 Å². The lowest BCUT2D eigenvalue weighted by Crippen LogP contribution is -2.57. The molecule has 0 aromatic rings. The van der Waals surface area contributed by atoms with E-state index in [-0.39, 0.29) is 18.5 Å². The first-order valence-corrected chi connectivity index (χ1v) is 7.84. The highest BCUT2D eigenvalue weighted by molar-refractivity contribution is 5.75. The maximum atomic E-state index is 12.7. The third-order valence-electron chi connectivity index (χ3n) is 4.18. The minimum absolute atomic E-state index is 0.0435. The number of carboxylic acids is 1. The van der Waals surface area contributed by atoms with Gasteiger partial charge in [-0.3, -0.25) is 9.69 Å². The van der Waals surface area contributed by atoms with E-state index in [2.05, 4.69) is 18.9 Å². The molecule has 1 saturated heterocycles. The van der Waals surface area contributed by atoms with Crippen LogP contribution in [-0.4, -0.2) is 77.1 Å². The predicted octanol–water partition coefficient (Wildman–Crippen LogP) is 1.71. The van der Waals surface area contributed by atoms with E-state index >= 15 is 0 Å². The molecule has 0 saturated carbocycles. The van der Waals surface area contributed by atoms with Crippen molar-refractivity contribution in [3.8, 4) is 0 Å². The van der Waals surface area contributed by atoms with E-state index in [0.717, 1.165) is 26.1 Å². The van der Waals surface area contributed by atoms with Crippen LogP contribution in [0.25, 0.3) is 0 Å². The van der Waals surface area contributed by atoms with Crippen molar-refractivity contribution in [3.05, 3.63) is 0 Å². The van der Waals surface area contributed by atoms with Gasteiger partial charge in [-0.15, -0.1) is 0 Å². The number of amides is 2. The fourth-order valence-corrected chi connectivity index (χ4v) is 2.72. The first-order valence-electron chi connectivity index (χ1n) is 7.84. The maximum absolute atomic E-state index is 12.7. The number of carbonyl (C=O) groups is 2. The van der Waals surface area contributed by atoms with Gasteiger partial charge >= 0.3 is 12.0 Å². The second-order valence-electron chi connectivity index (χ2n) is 6.06. The van der Waals surface area contributed by atoms with Crippen molar-refractivity contribution >= 4 is 12.0 Å². The molecule has 2 amide bonds. The smallest absolute Gasteiger partial charge is 0.320 e. The number of likely N-dealkylation sites (N-methyl/N-ethyl adjacent to an activating group) is 1. The summed E-state index contributed by atoms with van der Waals surface area (Å²) in [5, 5.41) is 8.73. The van der Waals surface area contributed by atoms with E-state index in [4.69, 9.17) is 5.11 Å². The van der Waals surface area contributed by atoms with Crippen molar-refractivity contribution in [2.75, 3.05) is 33.2 Å². The zero-order valence-corrected chi connectivity index (χ0v) is 13.7. The molecule has 0 bridgehead atoms. The van der Waals surface area contributed by atoms with Gasteiger partial charge in [-0.2, -0.15) is 0 Å². The molecule has 0 aromatic carbocycles. The number of piperazine rings is 1. The lowest BCUT2D eigenvalue weighted by atomic mass is 10.1. The first kappa shape index (κ1) is 17.8. The molecule has 1 heterocycles. The SMILES string of the molecule is CCC1CN(C(=O)N(CCCC(=O)O)C(C)C)CCN1C. The molecule has 1 unspecified atom stereocenters. The Bertz CT molecular complexity index is 360. The third kappa shape index (κ3) is 5.19. The molecule has 21 heavy (non-hydrogen) atoms. The Morgan fingerprint density at radius 2 is 2.00 bits per heavy atom. The lowest BCUT2D eigenvalue weighted by Gasteiger charge is -2.42. The Labute approximate surface area is 127 Å². The number of rotatable bonds is 6. The Hall–Kier alpha value is -1.30. The summed E-state index contributed by atoms with van der Waals surface area (Å²) in [6.45, 7) is 9.00. The fourth-order valence-electron chi connectivity index (χ4n) is 2.72. The molecule has 6 heteroatoms. The Morgan fingerprint density at radius 3 is 2.52 bits per heavy atom. The Morgan fingerprint density at radius 1 is 1.33 bits per heavy atom. The predicted molar refractivity (Wildman–Crippen MR) is 82.4 cm³/mol. The van der Waals surface area contributed by atoms with Crippen LogP contribution in [0.1, 0.15) is 40.0 Å². The summed E-state index contributed by atoms with van der Waals surface area (Å²) < 4.78 is 0. The van der Waals surface area contributed by atoms with Crippen LogP contribution in [0.2, 0.25) is 0 Å². The number of hydrogen-bond donors (Lipinski definition) is 1. The summed E-state index contributed by atoms with van der Waals surface area (Å²) in [4.78, 5) is 29.3. The lowest BCUT2D eigenvalue weighted by molar-refractivity contribution is -0.137. The third-order valence-corrected chi connectivity index (χ3v) is 4.18. The number of carbonyl (C=O) groups excluding carboxylic acids is 1. The van der Waals surface area contributed by atoms with Crippen molar-refractivity contribution in [1.82, 2.24) is 14.7 Å². The van der Waals surface area contributed by atoms with Crippen molar-refractivity contribution in [2.45, 2.75) is 52.1 Å². The van der Waals surface area contributed by atoms with E-state index in [0.29, 0.717) is 19.0 Å². The largest absolute Gasteiger partial charge is 0.481 e. The second kappa shape index (κ2) is 8.22. The van der Waals surface area contributed by atoms with Crippen LogP contribution in [-0.2, 0) is 4.79 Å². The molecular formula is C15H29N3O3. The normalized spacial score (nSPS) is 19.9. The second-order valence-corrected chi connectivity index (χ2v) is 6.06. The van der Waals surface area contributed by atoms with Crippen LogP contribution in [0, 0.1) is 0 Å². The monoisotopic (exact) mass is 299 g/mol. The van der Waals surface area contributed by atoms with Crippen LogP contribution in [0.5, 0.6) is 0 Å². The van der Waals surface area contributed by atoms with Gasteiger partial charge in [0.25, 0.3) is 0 Å². The first-order chi connectivity index (χ1) is 9.86. The number of carboxylic acid groups (broad SMARTS) is 1. The molecule has 1 rings (SSSR count). The Balaban J connectivity index is 2.61. The van der Waals surface area contributed by atoms with Crippen molar-refractivity contribution in [3.63, 3.8) is 0 Å². The number of hydrogen-bond acceptors (Lipinski definition) is 3. The maximum Gasteiger partial charge on any atom is 0.320 e. The van der Waals surface area contributed by atoms with Crippen molar-refractivity contribution in [2.24, 2.45) is 0 Å². The van der Waals surface area contributed by atoms with Crippen LogP contribution >= 0.6 is 0 Å². The molecular weight excluding hydrogens is 270 g/mol. The van der Waals surface area contributed by atoms with Gasteiger partial charge in [0.05, 0.1) is 0 Å². The van der Waals surface area contributed by atoms with E-state index < -0.39 is 5.97 Å². The molecule has 1 aliphatic heterocycles. The van der Waals surface area contributed by atoms with E-state index in [1.807, 2.05) is 18.7 Å². The summed E-state index contributed by atoms with van der Waals surface area (Å²) in [7, 11) is 2.10. The molecule has 1 N–H and O–H groups in total. The number of aliphatic carboxylic acids is 1. The van der Waals surface area contributed by atoms with Gasteiger partial charge in [0.2, 0.25) is 0 Å². The number of urea groups is 1. The minimum atomic E-state index is -0.809. The van der Waals surface area contributed by atoms with Crippen LogP contribution in [0.4, 0.5) is 4.79 Å². The van der Waals surface area contributed by atoms with Crippen LogP contribution in [0.15, 0.2) is 0 Å². The van der Waals surface area contributed by atoms with Crippen LogP contribution in [0.3, 0.4) is 0 Å². The van der Waals surface area contributed by atoms with Crippen LogP contribution < -0.4 is 0 Å². The van der Waals surface area contributed by atoms with Gasteiger partial charge in [0.15, 0.2) is 0 Å². The molecule has 0 spiro atoms. The molecule has 1 aliphatic rings. The topological polar surface area (TPSA) is 64.1 Å².